The van der Waals surface area contributed by atoms with E-state index < -0.39 is 0 Å². The minimum atomic E-state index is 0.406. The summed E-state index contributed by atoms with van der Waals surface area (Å²) >= 11 is 0. The molecular formula is C25H35N5O2. The highest BCUT2D eigenvalue weighted by molar-refractivity contribution is 5.53. The number of ether oxygens (including phenoxy) is 2. The molecule has 0 aliphatic carbocycles. The van der Waals surface area contributed by atoms with Crippen molar-refractivity contribution in [3.05, 3.63) is 58.5 Å². The van der Waals surface area contributed by atoms with Crippen LogP contribution >= 0.6 is 0 Å². The number of piperazine rings is 1. The van der Waals surface area contributed by atoms with Crippen molar-refractivity contribution in [3.8, 4) is 5.75 Å². The number of hydrogen-bond acceptors (Lipinski definition) is 6. The standard InChI is InChI=1S/C25H35N5O2/c1-5-24-23(25-27-18(2)14-19(3)30(25)28-24)15-20-6-8-22(9-7-20)32-13-12-29-11-10-26-21(16-29)17-31-4/h6-9,14,21,26H,5,10-13,15-17H2,1-4H3/t21-/m1/s1. The molecule has 7 heteroatoms. The molecule has 1 N–H and O–H groups in total. The largest absolute Gasteiger partial charge is 0.492 e. The Labute approximate surface area is 190 Å². The Kier molecular flexibility index (Phi) is 7.40. The fraction of sp³-hybridized carbons (Fsp3) is 0.520. The van der Waals surface area contributed by atoms with E-state index in [1.54, 1.807) is 7.11 Å². The van der Waals surface area contributed by atoms with E-state index in [0.29, 0.717) is 12.6 Å². The Morgan fingerprint density at radius 2 is 2.00 bits per heavy atom. The van der Waals surface area contributed by atoms with Gasteiger partial charge < -0.3 is 14.8 Å². The lowest BCUT2D eigenvalue weighted by Crippen LogP contribution is -2.53. The molecule has 2 aromatic heterocycles. The summed E-state index contributed by atoms with van der Waals surface area (Å²) in [7, 11) is 1.75. The minimum absolute atomic E-state index is 0.406. The van der Waals surface area contributed by atoms with Gasteiger partial charge in [0.05, 0.1) is 12.3 Å². The number of methoxy groups -OCH3 is 1. The first kappa shape index (κ1) is 22.7. The Balaban J connectivity index is 1.36. The van der Waals surface area contributed by atoms with Gasteiger partial charge in [0.2, 0.25) is 0 Å². The van der Waals surface area contributed by atoms with E-state index in [4.69, 9.17) is 19.6 Å². The number of aromatic nitrogens is 3. The van der Waals surface area contributed by atoms with Crippen LogP contribution in [0, 0.1) is 13.8 Å². The fourth-order valence-corrected chi connectivity index (χ4v) is 4.48. The molecule has 172 valence electrons. The maximum Gasteiger partial charge on any atom is 0.159 e. The molecule has 0 bridgehead atoms. The predicted molar refractivity (Wildman–Crippen MR) is 127 cm³/mol. The molecule has 0 radical (unpaired) electrons. The van der Waals surface area contributed by atoms with Crippen molar-refractivity contribution in [2.24, 2.45) is 0 Å². The smallest absolute Gasteiger partial charge is 0.159 e. The molecule has 3 heterocycles. The Morgan fingerprint density at radius 3 is 2.75 bits per heavy atom. The van der Waals surface area contributed by atoms with E-state index in [-0.39, 0.29) is 0 Å². The summed E-state index contributed by atoms with van der Waals surface area (Å²) in [6.45, 7) is 11.7. The van der Waals surface area contributed by atoms with Crippen LogP contribution in [0.15, 0.2) is 30.3 Å². The van der Waals surface area contributed by atoms with Crippen LogP contribution in [-0.4, -0.2) is 72.0 Å². The quantitative estimate of drug-likeness (QED) is 0.555. The maximum atomic E-state index is 6.02. The number of hydrogen-bond donors (Lipinski definition) is 1. The summed E-state index contributed by atoms with van der Waals surface area (Å²) in [6, 6.07) is 10.9. The number of nitrogens with zero attached hydrogens (tertiary/aromatic N) is 4. The lowest BCUT2D eigenvalue weighted by molar-refractivity contribution is 0.107. The number of rotatable bonds is 9. The lowest BCUT2D eigenvalue weighted by Gasteiger charge is -2.33. The molecule has 3 aromatic rings. The van der Waals surface area contributed by atoms with Gasteiger partial charge in [-0.3, -0.25) is 4.90 Å². The summed E-state index contributed by atoms with van der Waals surface area (Å²) in [4.78, 5) is 7.21. The molecule has 0 spiro atoms. The molecule has 1 saturated heterocycles. The third-order valence-electron chi connectivity index (χ3n) is 6.10. The molecule has 1 aliphatic rings. The summed E-state index contributed by atoms with van der Waals surface area (Å²) in [5.41, 5.74) is 6.71. The van der Waals surface area contributed by atoms with Gasteiger partial charge in [0.1, 0.15) is 12.4 Å². The maximum absolute atomic E-state index is 6.02. The van der Waals surface area contributed by atoms with Crippen LogP contribution in [0.4, 0.5) is 0 Å². The van der Waals surface area contributed by atoms with Gasteiger partial charge in [0.15, 0.2) is 5.65 Å². The highest BCUT2D eigenvalue weighted by atomic mass is 16.5. The first-order valence-electron chi connectivity index (χ1n) is 11.6. The Morgan fingerprint density at radius 1 is 1.19 bits per heavy atom. The van der Waals surface area contributed by atoms with Gasteiger partial charge in [-0.15, -0.1) is 0 Å². The van der Waals surface area contributed by atoms with Crippen molar-refractivity contribution in [1.82, 2.24) is 24.8 Å². The van der Waals surface area contributed by atoms with Gasteiger partial charge in [0.25, 0.3) is 0 Å². The minimum Gasteiger partial charge on any atom is -0.492 e. The molecule has 32 heavy (non-hydrogen) atoms. The molecule has 7 nitrogen and oxygen atoms in total. The third-order valence-corrected chi connectivity index (χ3v) is 6.10. The first-order chi connectivity index (χ1) is 15.6. The summed E-state index contributed by atoms with van der Waals surface area (Å²) in [5, 5.41) is 8.29. The van der Waals surface area contributed by atoms with Crippen LogP contribution in [0.1, 0.15) is 35.1 Å². The van der Waals surface area contributed by atoms with Crippen LogP contribution in [0.3, 0.4) is 0 Å². The highest BCUT2D eigenvalue weighted by Crippen LogP contribution is 2.22. The van der Waals surface area contributed by atoms with Crippen molar-refractivity contribution >= 4 is 5.65 Å². The SMILES string of the molecule is CCc1nn2c(C)cc(C)nc2c1Cc1ccc(OCCN2CCN[C@@H](COC)C2)cc1. The van der Waals surface area contributed by atoms with Crippen LogP contribution < -0.4 is 10.1 Å². The van der Waals surface area contributed by atoms with Crippen molar-refractivity contribution in [1.29, 1.82) is 0 Å². The van der Waals surface area contributed by atoms with E-state index in [9.17, 15) is 0 Å². The Bertz CT molecular complexity index is 1030. The zero-order valence-electron chi connectivity index (χ0n) is 19.7. The van der Waals surface area contributed by atoms with E-state index in [1.165, 1.54) is 11.1 Å². The second-order valence-corrected chi connectivity index (χ2v) is 8.63. The number of nitrogens with one attached hydrogen (secondary N) is 1. The zero-order valence-corrected chi connectivity index (χ0v) is 19.7. The van der Waals surface area contributed by atoms with Gasteiger partial charge in [-0.25, -0.2) is 9.50 Å². The van der Waals surface area contributed by atoms with Gasteiger partial charge in [-0.1, -0.05) is 19.1 Å². The normalized spacial score (nSPS) is 17.2. The third kappa shape index (κ3) is 5.28. The van der Waals surface area contributed by atoms with Gasteiger partial charge in [-0.2, -0.15) is 5.10 Å². The van der Waals surface area contributed by atoms with E-state index in [2.05, 4.69) is 54.4 Å². The average Bonchev–Trinajstić information content (AvgIpc) is 3.13. The van der Waals surface area contributed by atoms with Gasteiger partial charge in [-0.05, 0) is 44.0 Å². The van der Waals surface area contributed by atoms with Crippen LogP contribution in [0.25, 0.3) is 5.65 Å². The number of aryl methyl sites for hydroxylation is 3. The van der Waals surface area contributed by atoms with Crippen molar-refractivity contribution < 1.29 is 9.47 Å². The zero-order chi connectivity index (χ0) is 22.5. The van der Waals surface area contributed by atoms with Crippen molar-refractivity contribution in [3.63, 3.8) is 0 Å². The first-order valence-corrected chi connectivity index (χ1v) is 11.6. The van der Waals surface area contributed by atoms with E-state index >= 15 is 0 Å². The molecule has 1 fully saturated rings. The van der Waals surface area contributed by atoms with Crippen LogP contribution in [0.2, 0.25) is 0 Å². The molecule has 0 unspecified atom stereocenters. The monoisotopic (exact) mass is 437 g/mol. The number of benzene rings is 1. The number of fused-ring (bicyclic) bond motifs is 1. The lowest BCUT2D eigenvalue weighted by atomic mass is 10.0. The van der Waals surface area contributed by atoms with Crippen LogP contribution in [-0.2, 0) is 17.6 Å². The van der Waals surface area contributed by atoms with Gasteiger partial charge >= 0.3 is 0 Å². The topological polar surface area (TPSA) is 63.9 Å². The molecular weight excluding hydrogens is 402 g/mol. The predicted octanol–water partition coefficient (Wildman–Crippen LogP) is 2.80. The molecule has 1 atom stereocenters. The molecule has 1 aliphatic heterocycles. The highest BCUT2D eigenvalue weighted by Gasteiger charge is 2.19. The van der Waals surface area contributed by atoms with Gasteiger partial charge in [0, 0.05) is 62.7 Å². The van der Waals surface area contributed by atoms with Crippen LogP contribution in [0.5, 0.6) is 5.75 Å². The molecule has 0 saturated carbocycles. The van der Waals surface area contributed by atoms with Crippen molar-refractivity contribution in [2.75, 3.05) is 46.5 Å². The average molecular weight is 438 g/mol. The molecule has 1 aromatic carbocycles. The second-order valence-electron chi connectivity index (χ2n) is 8.63. The van der Waals surface area contributed by atoms with E-state index in [0.717, 1.165) is 74.1 Å². The summed E-state index contributed by atoms with van der Waals surface area (Å²) in [6.07, 6.45) is 1.72. The fourth-order valence-electron chi connectivity index (χ4n) is 4.48. The second kappa shape index (κ2) is 10.4. The van der Waals surface area contributed by atoms with E-state index in [1.807, 2.05) is 11.4 Å². The Hall–Kier alpha value is -2.48. The van der Waals surface area contributed by atoms with Crippen molar-refractivity contribution in [2.45, 2.75) is 39.7 Å². The summed E-state index contributed by atoms with van der Waals surface area (Å²) < 4.78 is 13.3. The summed E-state index contributed by atoms with van der Waals surface area (Å²) in [5.74, 6) is 0.915. The molecule has 4 rings (SSSR count). The molecule has 0 amide bonds.